The zero-order valence-corrected chi connectivity index (χ0v) is 14.6. The Balaban J connectivity index is 1.85. The van der Waals surface area contributed by atoms with E-state index in [0.29, 0.717) is 27.0 Å². The second-order valence-electron chi connectivity index (χ2n) is 5.12. The summed E-state index contributed by atoms with van der Waals surface area (Å²) in [6.07, 6.45) is 0. The van der Waals surface area contributed by atoms with Crippen LogP contribution in [-0.2, 0) is 0 Å². The van der Waals surface area contributed by atoms with E-state index in [9.17, 15) is 4.79 Å². The van der Waals surface area contributed by atoms with Crippen molar-refractivity contribution in [2.75, 3.05) is 12.4 Å². The van der Waals surface area contributed by atoms with Crippen LogP contribution in [0.3, 0.4) is 0 Å². The van der Waals surface area contributed by atoms with Gasteiger partial charge in [-0.15, -0.1) is 5.10 Å². The molecule has 2 aromatic carbocycles. The summed E-state index contributed by atoms with van der Waals surface area (Å²) in [7, 11) is 1.54. The predicted octanol–water partition coefficient (Wildman–Crippen LogP) is 4.43. The number of hydrogen-bond donors (Lipinski definition) is 1. The maximum absolute atomic E-state index is 12.5. The molecule has 0 spiro atoms. The van der Waals surface area contributed by atoms with E-state index >= 15 is 0 Å². The molecule has 1 aromatic heterocycles. The fourth-order valence-electron chi connectivity index (χ4n) is 2.17. The summed E-state index contributed by atoms with van der Waals surface area (Å²) in [5.74, 6) is 0.274. The van der Waals surface area contributed by atoms with Gasteiger partial charge in [-0.2, -0.15) is 0 Å². The Kier molecular flexibility index (Phi) is 4.78. The molecule has 0 bridgehead atoms. The maximum Gasteiger partial charge on any atom is 0.269 e. The monoisotopic (exact) mass is 359 g/mol. The molecule has 0 saturated carbocycles. The molecule has 0 radical (unpaired) electrons. The molecular formula is C17H14ClN3O2S. The van der Waals surface area contributed by atoms with Gasteiger partial charge in [0, 0.05) is 11.3 Å². The van der Waals surface area contributed by atoms with Gasteiger partial charge in [-0.05, 0) is 36.7 Å². The molecule has 0 atom stereocenters. The van der Waals surface area contributed by atoms with Gasteiger partial charge in [-0.1, -0.05) is 45.9 Å². The van der Waals surface area contributed by atoms with E-state index in [1.165, 1.54) is 7.11 Å². The first-order valence-corrected chi connectivity index (χ1v) is 8.28. The number of aromatic nitrogens is 2. The fourth-order valence-corrected chi connectivity index (χ4v) is 3.01. The van der Waals surface area contributed by atoms with E-state index in [1.807, 2.05) is 31.2 Å². The van der Waals surface area contributed by atoms with Gasteiger partial charge in [-0.3, -0.25) is 4.79 Å². The van der Waals surface area contributed by atoms with Gasteiger partial charge in [0.1, 0.15) is 16.3 Å². The highest BCUT2D eigenvalue weighted by atomic mass is 35.5. The number of halogens is 1. The van der Waals surface area contributed by atoms with Crippen LogP contribution in [0.1, 0.15) is 15.2 Å². The number of anilines is 1. The highest BCUT2D eigenvalue weighted by Crippen LogP contribution is 2.29. The van der Waals surface area contributed by atoms with Gasteiger partial charge in [0.25, 0.3) is 5.91 Å². The molecule has 1 amide bonds. The van der Waals surface area contributed by atoms with E-state index in [0.717, 1.165) is 22.7 Å². The molecule has 0 aliphatic heterocycles. The minimum absolute atomic E-state index is 0.276. The molecule has 0 fully saturated rings. The first-order chi connectivity index (χ1) is 11.6. The minimum atomic E-state index is -0.276. The average molecular weight is 360 g/mol. The van der Waals surface area contributed by atoms with Crippen molar-refractivity contribution in [2.45, 2.75) is 6.92 Å². The highest BCUT2D eigenvalue weighted by Gasteiger charge is 2.18. The lowest BCUT2D eigenvalue weighted by atomic mass is 10.1. The van der Waals surface area contributed by atoms with E-state index in [2.05, 4.69) is 14.9 Å². The van der Waals surface area contributed by atoms with Gasteiger partial charge >= 0.3 is 0 Å². The van der Waals surface area contributed by atoms with Crippen molar-refractivity contribution in [1.29, 1.82) is 0 Å². The number of ether oxygens (including phenoxy) is 1. The van der Waals surface area contributed by atoms with Crippen molar-refractivity contribution < 1.29 is 9.53 Å². The number of carbonyl (C=O) groups excluding carboxylic acids is 1. The van der Waals surface area contributed by atoms with Crippen LogP contribution in [0, 0.1) is 6.92 Å². The maximum atomic E-state index is 12.5. The summed E-state index contributed by atoms with van der Waals surface area (Å²) in [6.45, 7) is 2.00. The van der Waals surface area contributed by atoms with Crippen molar-refractivity contribution in [1.82, 2.24) is 9.59 Å². The number of carbonyl (C=O) groups is 1. The van der Waals surface area contributed by atoms with Crippen molar-refractivity contribution in [3.8, 4) is 17.0 Å². The Morgan fingerprint density at radius 3 is 2.62 bits per heavy atom. The normalized spacial score (nSPS) is 10.5. The third-order valence-corrected chi connectivity index (χ3v) is 4.45. The van der Waals surface area contributed by atoms with Crippen LogP contribution in [0.4, 0.5) is 5.69 Å². The third kappa shape index (κ3) is 3.39. The summed E-state index contributed by atoms with van der Waals surface area (Å²) < 4.78 is 9.01. The largest absolute Gasteiger partial charge is 0.495 e. The number of rotatable bonds is 4. The van der Waals surface area contributed by atoms with Gasteiger partial charge in [-0.25, -0.2) is 0 Å². The number of nitrogens with zero attached hydrogens (tertiary/aromatic N) is 2. The molecule has 0 aliphatic rings. The molecule has 1 N–H and O–H groups in total. The van der Waals surface area contributed by atoms with Crippen LogP contribution in [0.2, 0.25) is 5.02 Å². The minimum Gasteiger partial charge on any atom is -0.495 e. The molecule has 3 rings (SSSR count). The SMILES string of the molecule is COc1ccc(NC(=O)c2snnc2-c2ccc(C)cc2)cc1Cl. The average Bonchev–Trinajstić information content (AvgIpc) is 3.05. The topological polar surface area (TPSA) is 64.1 Å². The fraction of sp³-hybridized carbons (Fsp3) is 0.118. The van der Waals surface area contributed by atoms with Gasteiger partial charge in [0.15, 0.2) is 0 Å². The number of benzene rings is 2. The summed E-state index contributed by atoms with van der Waals surface area (Å²) >= 11 is 7.14. The van der Waals surface area contributed by atoms with Gasteiger partial charge in [0.2, 0.25) is 0 Å². The van der Waals surface area contributed by atoms with Crippen LogP contribution < -0.4 is 10.1 Å². The third-order valence-electron chi connectivity index (χ3n) is 3.43. The Bertz CT molecular complexity index is 878. The second-order valence-corrected chi connectivity index (χ2v) is 6.28. The van der Waals surface area contributed by atoms with E-state index in [1.54, 1.807) is 18.2 Å². The van der Waals surface area contributed by atoms with Crippen molar-refractivity contribution in [3.63, 3.8) is 0 Å². The molecular weight excluding hydrogens is 346 g/mol. The van der Waals surface area contributed by atoms with E-state index in [4.69, 9.17) is 16.3 Å². The molecule has 24 heavy (non-hydrogen) atoms. The number of methoxy groups -OCH3 is 1. The molecule has 3 aromatic rings. The Labute approximate surface area is 148 Å². The molecule has 0 saturated heterocycles. The zero-order chi connectivity index (χ0) is 17.1. The molecule has 5 nitrogen and oxygen atoms in total. The Morgan fingerprint density at radius 1 is 1.21 bits per heavy atom. The molecule has 0 unspecified atom stereocenters. The predicted molar refractivity (Wildman–Crippen MR) is 96.0 cm³/mol. The Hall–Kier alpha value is -2.44. The smallest absolute Gasteiger partial charge is 0.269 e. The molecule has 122 valence electrons. The number of nitrogens with one attached hydrogen (secondary N) is 1. The number of hydrogen-bond acceptors (Lipinski definition) is 5. The first kappa shape index (κ1) is 16.4. The quantitative estimate of drug-likeness (QED) is 0.748. The van der Waals surface area contributed by atoms with E-state index < -0.39 is 0 Å². The second kappa shape index (κ2) is 6.98. The summed E-state index contributed by atoms with van der Waals surface area (Å²) in [5.41, 5.74) is 3.14. The van der Waals surface area contributed by atoms with Crippen LogP contribution in [0.25, 0.3) is 11.3 Å². The summed E-state index contributed by atoms with van der Waals surface area (Å²) in [6, 6.07) is 12.9. The van der Waals surface area contributed by atoms with Gasteiger partial charge < -0.3 is 10.1 Å². The number of amides is 1. The van der Waals surface area contributed by atoms with Crippen molar-refractivity contribution in [3.05, 3.63) is 57.9 Å². The van der Waals surface area contributed by atoms with Gasteiger partial charge in [0.05, 0.1) is 12.1 Å². The van der Waals surface area contributed by atoms with E-state index in [-0.39, 0.29) is 5.91 Å². The highest BCUT2D eigenvalue weighted by molar-refractivity contribution is 7.08. The molecule has 7 heteroatoms. The summed E-state index contributed by atoms with van der Waals surface area (Å²) in [5, 5.41) is 7.32. The first-order valence-electron chi connectivity index (χ1n) is 7.13. The van der Waals surface area contributed by atoms with Crippen LogP contribution in [0.5, 0.6) is 5.75 Å². The lowest BCUT2D eigenvalue weighted by Crippen LogP contribution is -2.11. The van der Waals surface area contributed by atoms with Crippen LogP contribution >= 0.6 is 23.1 Å². The standard InChI is InChI=1S/C17H14ClN3O2S/c1-10-3-5-11(6-4-10)15-16(24-21-20-15)17(22)19-12-7-8-14(23-2)13(18)9-12/h3-9H,1-2H3,(H,19,22). The van der Waals surface area contributed by atoms with Crippen LogP contribution in [0.15, 0.2) is 42.5 Å². The lowest BCUT2D eigenvalue weighted by molar-refractivity contribution is 0.103. The zero-order valence-electron chi connectivity index (χ0n) is 13.0. The summed E-state index contributed by atoms with van der Waals surface area (Å²) in [4.78, 5) is 13.0. The lowest BCUT2D eigenvalue weighted by Gasteiger charge is -2.08. The van der Waals surface area contributed by atoms with Crippen molar-refractivity contribution >= 4 is 34.7 Å². The number of aryl methyl sites for hydroxylation is 1. The van der Waals surface area contributed by atoms with Crippen molar-refractivity contribution in [2.24, 2.45) is 0 Å². The molecule has 1 heterocycles. The molecule has 0 aliphatic carbocycles. The van der Waals surface area contributed by atoms with Crippen LogP contribution in [-0.4, -0.2) is 22.6 Å². The Morgan fingerprint density at radius 2 is 1.96 bits per heavy atom.